The molecule has 1 heterocycles. The zero-order valence-electron chi connectivity index (χ0n) is 9.22. The molecule has 2 rings (SSSR count). The molecule has 1 aromatic rings. The number of ether oxygens (including phenoxy) is 1. The highest BCUT2D eigenvalue weighted by Crippen LogP contribution is 2.14. The van der Waals surface area contributed by atoms with Crippen LogP contribution in [0.3, 0.4) is 0 Å². The van der Waals surface area contributed by atoms with E-state index in [2.05, 4.69) is 12.6 Å². The molecule has 1 aliphatic heterocycles. The van der Waals surface area contributed by atoms with Crippen molar-refractivity contribution < 1.29 is 9.53 Å². The number of hydrogen-bond donors (Lipinski definition) is 1. The predicted molar refractivity (Wildman–Crippen MR) is 65.0 cm³/mol. The topological polar surface area (TPSA) is 29.5 Å². The van der Waals surface area contributed by atoms with E-state index < -0.39 is 0 Å². The standard InChI is InChI=1S/C12H15NO2S/c1-9-8-15-7-6-13(9)12(14)10-2-4-11(16)5-3-10/h2-5,9,16H,6-8H2,1H3. The second-order valence-electron chi connectivity index (χ2n) is 3.97. The smallest absolute Gasteiger partial charge is 0.254 e. The maximum atomic E-state index is 12.2. The number of rotatable bonds is 1. The monoisotopic (exact) mass is 237 g/mol. The molecule has 0 radical (unpaired) electrons. The molecule has 1 amide bonds. The van der Waals surface area contributed by atoms with E-state index in [1.807, 2.05) is 36.1 Å². The molecule has 1 aliphatic rings. The van der Waals surface area contributed by atoms with Gasteiger partial charge in [0.05, 0.1) is 19.3 Å². The molecule has 0 saturated carbocycles. The van der Waals surface area contributed by atoms with Crippen LogP contribution in [0.4, 0.5) is 0 Å². The van der Waals surface area contributed by atoms with Gasteiger partial charge in [-0.1, -0.05) is 0 Å². The largest absolute Gasteiger partial charge is 0.377 e. The fourth-order valence-corrected chi connectivity index (χ4v) is 1.95. The lowest BCUT2D eigenvalue weighted by Crippen LogP contribution is -2.47. The van der Waals surface area contributed by atoms with E-state index >= 15 is 0 Å². The summed E-state index contributed by atoms with van der Waals surface area (Å²) < 4.78 is 5.31. The number of hydrogen-bond acceptors (Lipinski definition) is 3. The van der Waals surface area contributed by atoms with Crippen molar-refractivity contribution in [1.29, 1.82) is 0 Å². The average Bonchev–Trinajstić information content (AvgIpc) is 2.30. The van der Waals surface area contributed by atoms with E-state index in [1.165, 1.54) is 0 Å². The van der Waals surface area contributed by atoms with Crippen LogP contribution in [0.15, 0.2) is 29.2 Å². The number of morpholine rings is 1. The van der Waals surface area contributed by atoms with Crippen LogP contribution in [0.5, 0.6) is 0 Å². The lowest BCUT2D eigenvalue weighted by Gasteiger charge is -2.33. The van der Waals surface area contributed by atoms with Crippen molar-refractivity contribution >= 4 is 18.5 Å². The molecule has 1 aromatic carbocycles. The van der Waals surface area contributed by atoms with E-state index in [1.54, 1.807) is 0 Å². The first-order valence-corrected chi connectivity index (χ1v) is 5.81. The van der Waals surface area contributed by atoms with Crippen LogP contribution in [-0.4, -0.2) is 36.6 Å². The van der Waals surface area contributed by atoms with Crippen LogP contribution < -0.4 is 0 Å². The first-order valence-electron chi connectivity index (χ1n) is 5.36. The molecular weight excluding hydrogens is 222 g/mol. The van der Waals surface area contributed by atoms with E-state index in [4.69, 9.17) is 4.74 Å². The second-order valence-corrected chi connectivity index (χ2v) is 4.49. The molecule has 1 atom stereocenters. The fraction of sp³-hybridized carbons (Fsp3) is 0.417. The summed E-state index contributed by atoms with van der Waals surface area (Å²) in [6.07, 6.45) is 0. The fourth-order valence-electron chi connectivity index (χ4n) is 1.80. The SMILES string of the molecule is CC1COCCN1C(=O)c1ccc(S)cc1. The van der Waals surface area contributed by atoms with Gasteiger partial charge in [0.25, 0.3) is 5.91 Å². The molecule has 1 saturated heterocycles. The van der Waals surface area contributed by atoms with Gasteiger partial charge in [-0.25, -0.2) is 0 Å². The minimum absolute atomic E-state index is 0.0733. The Labute approximate surface area is 101 Å². The normalized spacial score (nSPS) is 20.9. The molecule has 0 spiro atoms. The van der Waals surface area contributed by atoms with Gasteiger partial charge in [0.1, 0.15) is 0 Å². The molecule has 0 aliphatic carbocycles. The van der Waals surface area contributed by atoms with Crippen molar-refractivity contribution in [3.05, 3.63) is 29.8 Å². The zero-order chi connectivity index (χ0) is 11.5. The van der Waals surface area contributed by atoms with Gasteiger partial charge in [0.2, 0.25) is 0 Å². The summed E-state index contributed by atoms with van der Waals surface area (Å²) in [5.74, 6) is 0.0733. The van der Waals surface area contributed by atoms with Gasteiger partial charge in [-0.15, -0.1) is 12.6 Å². The Bertz CT molecular complexity index is 377. The van der Waals surface area contributed by atoms with Gasteiger partial charge < -0.3 is 9.64 Å². The Balaban J connectivity index is 2.14. The summed E-state index contributed by atoms with van der Waals surface area (Å²) in [5, 5.41) is 0. The van der Waals surface area contributed by atoms with Crippen LogP contribution in [0.2, 0.25) is 0 Å². The molecule has 0 bridgehead atoms. The number of thiol groups is 1. The van der Waals surface area contributed by atoms with Gasteiger partial charge in [0.15, 0.2) is 0 Å². The number of amides is 1. The van der Waals surface area contributed by atoms with Crippen LogP contribution >= 0.6 is 12.6 Å². The van der Waals surface area contributed by atoms with Crippen molar-refractivity contribution in [1.82, 2.24) is 4.90 Å². The van der Waals surface area contributed by atoms with Crippen molar-refractivity contribution in [2.24, 2.45) is 0 Å². The van der Waals surface area contributed by atoms with E-state index in [9.17, 15) is 4.79 Å². The molecule has 0 aromatic heterocycles. The minimum atomic E-state index is 0.0733. The summed E-state index contributed by atoms with van der Waals surface area (Å²) in [6.45, 7) is 3.92. The zero-order valence-corrected chi connectivity index (χ0v) is 10.1. The molecule has 3 nitrogen and oxygen atoms in total. The molecule has 1 unspecified atom stereocenters. The Morgan fingerprint density at radius 1 is 1.44 bits per heavy atom. The number of nitrogens with zero attached hydrogens (tertiary/aromatic N) is 1. The lowest BCUT2D eigenvalue weighted by atomic mass is 10.1. The Morgan fingerprint density at radius 3 is 2.75 bits per heavy atom. The van der Waals surface area contributed by atoms with Crippen LogP contribution in [0, 0.1) is 0 Å². The van der Waals surface area contributed by atoms with Crippen LogP contribution in [0.25, 0.3) is 0 Å². The molecule has 1 fully saturated rings. The van der Waals surface area contributed by atoms with Crippen molar-refractivity contribution in [2.75, 3.05) is 19.8 Å². The van der Waals surface area contributed by atoms with Crippen molar-refractivity contribution in [2.45, 2.75) is 17.9 Å². The third-order valence-electron chi connectivity index (χ3n) is 2.74. The summed E-state index contributed by atoms with van der Waals surface area (Å²) in [4.78, 5) is 14.9. The highest BCUT2D eigenvalue weighted by Gasteiger charge is 2.24. The van der Waals surface area contributed by atoms with Crippen LogP contribution in [0.1, 0.15) is 17.3 Å². The van der Waals surface area contributed by atoms with Gasteiger partial charge in [0, 0.05) is 17.0 Å². The average molecular weight is 237 g/mol. The molecule has 4 heteroatoms. The maximum Gasteiger partial charge on any atom is 0.254 e. The van der Waals surface area contributed by atoms with Crippen molar-refractivity contribution in [3.63, 3.8) is 0 Å². The molecular formula is C12H15NO2S. The molecule has 16 heavy (non-hydrogen) atoms. The third-order valence-corrected chi connectivity index (χ3v) is 3.04. The van der Waals surface area contributed by atoms with Gasteiger partial charge in [-0.3, -0.25) is 4.79 Å². The highest BCUT2D eigenvalue weighted by atomic mass is 32.1. The van der Waals surface area contributed by atoms with E-state index in [0.29, 0.717) is 25.3 Å². The molecule has 86 valence electrons. The number of benzene rings is 1. The quantitative estimate of drug-likeness (QED) is 0.755. The third kappa shape index (κ3) is 2.39. The Morgan fingerprint density at radius 2 is 2.12 bits per heavy atom. The number of carbonyl (C=O) groups is 1. The highest BCUT2D eigenvalue weighted by molar-refractivity contribution is 7.80. The Hall–Kier alpha value is -1.00. The van der Waals surface area contributed by atoms with Gasteiger partial charge in [-0.2, -0.15) is 0 Å². The van der Waals surface area contributed by atoms with Gasteiger partial charge in [-0.05, 0) is 31.2 Å². The minimum Gasteiger partial charge on any atom is -0.377 e. The van der Waals surface area contributed by atoms with Crippen LogP contribution in [-0.2, 0) is 4.74 Å². The summed E-state index contributed by atoms with van der Waals surface area (Å²) in [7, 11) is 0. The Kier molecular flexibility index (Phi) is 3.51. The maximum absolute atomic E-state index is 12.2. The summed E-state index contributed by atoms with van der Waals surface area (Å²) >= 11 is 4.20. The molecule has 0 N–H and O–H groups in total. The first-order chi connectivity index (χ1) is 7.68. The van der Waals surface area contributed by atoms with Gasteiger partial charge >= 0.3 is 0 Å². The predicted octanol–water partition coefficient (Wildman–Crippen LogP) is 1.84. The van der Waals surface area contributed by atoms with E-state index in [0.717, 1.165) is 4.90 Å². The summed E-state index contributed by atoms with van der Waals surface area (Å²) in [6, 6.07) is 7.44. The van der Waals surface area contributed by atoms with Crippen molar-refractivity contribution in [3.8, 4) is 0 Å². The lowest BCUT2D eigenvalue weighted by molar-refractivity contribution is 0.00359. The second kappa shape index (κ2) is 4.89. The number of carbonyl (C=O) groups excluding carboxylic acids is 1. The summed E-state index contributed by atoms with van der Waals surface area (Å²) in [5.41, 5.74) is 0.714. The van der Waals surface area contributed by atoms with E-state index in [-0.39, 0.29) is 11.9 Å². The first kappa shape index (κ1) is 11.5.